The Labute approximate surface area is 231 Å². The molecule has 0 unspecified atom stereocenters. The molecule has 0 aliphatic heterocycles. The summed E-state index contributed by atoms with van der Waals surface area (Å²) in [7, 11) is 15.0. The van der Waals surface area contributed by atoms with Gasteiger partial charge in [-0.15, -0.1) is 0 Å². The van der Waals surface area contributed by atoms with Crippen LogP contribution in [0.1, 0.15) is 62.3 Å². The summed E-state index contributed by atoms with van der Waals surface area (Å²) in [5.41, 5.74) is 4.83. The maximum absolute atomic E-state index is 11.1. The molecule has 0 atom stereocenters. The highest BCUT2D eigenvalue weighted by Gasteiger charge is 2.27. The van der Waals surface area contributed by atoms with Gasteiger partial charge in [-0.25, -0.2) is 4.99 Å². The standard InChI is InChI=1S/C10H22N4O.C5H13N3.C5H9NO.C3H6O.C2H5NO/c1-8(15)12-10(2,3)14(7)9(11-4)13(5)6;1-6-5(7-2)8(3)4;1-4(2)6-5(3)7;1-3(2)4;1-2(3)4/h1-7H3,(H,12,15);1-4H3,(H,6,7);1-3H3;1-2H3;1H3,(H2,3,4). The minimum Gasteiger partial charge on any atom is -0.370 e. The van der Waals surface area contributed by atoms with Gasteiger partial charge in [0, 0.05) is 82.9 Å². The van der Waals surface area contributed by atoms with E-state index in [0.29, 0.717) is 0 Å². The third kappa shape index (κ3) is 37.0. The molecular formula is C25H55N9O4. The maximum atomic E-state index is 11.1. The number of guanidine groups is 2. The highest BCUT2D eigenvalue weighted by Crippen LogP contribution is 2.10. The van der Waals surface area contributed by atoms with Gasteiger partial charge >= 0.3 is 0 Å². The number of carbonyl (C=O) groups excluding carboxylic acids is 4. The predicted molar refractivity (Wildman–Crippen MR) is 159 cm³/mol. The van der Waals surface area contributed by atoms with Crippen LogP contribution < -0.4 is 16.4 Å². The van der Waals surface area contributed by atoms with Gasteiger partial charge in [0.2, 0.25) is 17.7 Å². The molecule has 13 heteroatoms. The van der Waals surface area contributed by atoms with Crippen LogP contribution >= 0.6 is 0 Å². The first-order valence-corrected chi connectivity index (χ1v) is 11.8. The van der Waals surface area contributed by atoms with E-state index in [1.807, 2.05) is 70.8 Å². The van der Waals surface area contributed by atoms with Gasteiger partial charge in [-0.3, -0.25) is 24.4 Å². The highest BCUT2D eigenvalue weighted by atomic mass is 16.2. The minimum absolute atomic E-state index is 0.0546. The molecule has 0 aromatic rings. The topological polar surface area (TPSA) is 165 Å². The van der Waals surface area contributed by atoms with Crippen LogP contribution in [0.15, 0.2) is 15.0 Å². The van der Waals surface area contributed by atoms with Crippen LogP contribution in [-0.4, -0.2) is 118 Å². The molecule has 224 valence electrons. The number of nitrogens with zero attached hydrogens (tertiary/aromatic N) is 6. The zero-order chi connectivity index (χ0) is 31.8. The summed E-state index contributed by atoms with van der Waals surface area (Å²) in [6.45, 7) is 14.8. The highest BCUT2D eigenvalue weighted by molar-refractivity contribution is 5.91. The van der Waals surface area contributed by atoms with Crippen molar-refractivity contribution in [2.24, 2.45) is 20.7 Å². The number of nitrogens with one attached hydrogen (secondary N) is 2. The molecule has 0 aliphatic rings. The first kappa shape index (κ1) is 44.5. The maximum Gasteiger partial charge on any atom is 0.242 e. The van der Waals surface area contributed by atoms with Crippen molar-refractivity contribution in [2.45, 2.75) is 68.0 Å². The fourth-order valence-corrected chi connectivity index (χ4v) is 2.26. The van der Waals surface area contributed by atoms with Crippen molar-refractivity contribution in [3.8, 4) is 0 Å². The van der Waals surface area contributed by atoms with Gasteiger partial charge in [0.25, 0.3) is 0 Å². The molecule has 0 aliphatic carbocycles. The molecule has 0 aromatic heterocycles. The Kier molecular flexibility index (Phi) is 29.4. The Balaban J connectivity index is -0.000000133. The predicted octanol–water partition coefficient (Wildman–Crippen LogP) is 1.19. The van der Waals surface area contributed by atoms with Gasteiger partial charge in [0.15, 0.2) is 11.9 Å². The molecule has 0 radical (unpaired) electrons. The molecule has 38 heavy (non-hydrogen) atoms. The summed E-state index contributed by atoms with van der Waals surface area (Å²) < 4.78 is 0. The monoisotopic (exact) mass is 545 g/mol. The van der Waals surface area contributed by atoms with E-state index in [1.165, 1.54) is 34.6 Å². The van der Waals surface area contributed by atoms with E-state index in [2.05, 4.69) is 31.3 Å². The SMILES string of the molecule is CC(=O)N=C(C)C.CC(C)=O.CC(N)=O.CN=C(N(C)C)N(C)C(C)(C)NC(C)=O.CN=C(NC)N(C)C. The summed E-state index contributed by atoms with van der Waals surface area (Å²) in [6.07, 6.45) is 0. The summed E-state index contributed by atoms with van der Waals surface area (Å²) in [5.74, 6) is 1.36. The molecule has 0 rings (SSSR count). The fourth-order valence-electron chi connectivity index (χ4n) is 2.26. The van der Waals surface area contributed by atoms with Crippen LogP contribution in [-0.2, 0) is 19.2 Å². The average molecular weight is 546 g/mol. The smallest absolute Gasteiger partial charge is 0.242 e. The van der Waals surface area contributed by atoms with Crippen molar-refractivity contribution in [3.63, 3.8) is 0 Å². The largest absolute Gasteiger partial charge is 0.370 e. The zero-order valence-corrected chi connectivity index (χ0v) is 26.9. The summed E-state index contributed by atoms with van der Waals surface area (Å²) >= 11 is 0. The van der Waals surface area contributed by atoms with E-state index in [1.54, 1.807) is 27.9 Å². The van der Waals surface area contributed by atoms with Crippen molar-refractivity contribution < 1.29 is 19.2 Å². The second-order valence-corrected chi connectivity index (χ2v) is 9.01. The van der Waals surface area contributed by atoms with Crippen LogP contribution in [0.2, 0.25) is 0 Å². The average Bonchev–Trinajstić information content (AvgIpc) is 2.67. The lowest BCUT2D eigenvalue weighted by Crippen LogP contribution is -2.59. The molecule has 0 aromatic carbocycles. The Bertz CT molecular complexity index is 764. The molecule has 0 fully saturated rings. The Morgan fingerprint density at radius 1 is 0.763 bits per heavy atom. The first-order valence-electron chi connectivity index (χ1n) is 11.8. The molecule has 0 saturated carbocycles. The Morgan fingerprint density at radius 2 is 1.13 bits per heavy atom. The molecule has 0 heterocycles. The third-order valence-electron chi connectivity index (χ3n) is 3.46. The number of nitrogens with two attached hydrogens (primary N) is 1. The van der Waals surface area contributed by atoms with Crippen LogP contribution in [0.25, 0.3) is 0 Å². The van der Waals surface area contributed by atoms with Crippen molar-refractivity contribution in [3.05, 3.63) is 0 Å². The van der Waals surface area contributed by atoms with Crippen molar-refractivity contribution in [1.29, 1.82) is 0 Å². The number of Topliss-reactive ketones (excluding diaryl/α,β-unsaturated/α-hetero) is 1. The normalized spacial score (nSPS) is 10.0. The first-order chi connectivity index (χ1) is 17.0. The third-order valence-corrected chi connectivity index (χ3v) is 3.46. The quantitative estimate of drug-likeness (QED) is 0.264. The number of amides is 3. The number of aliphatic imine (C=N–C) groups is 3. The summed E-state index contributed by atoms with van der Waals surface area (Å²) in [5, 5.41) is 5.80. The van der Waals surface area contributed by atoms with Gasteiger partial charge in [0.1, 0.15) is 11.4 Å². The second kappa shape index (κ2) is 25.2. The molecular weight excluding hydrogens is 490 g/mol. The minimum atomic E-state index is -0.453. The Morgan fingerprint density at radius 3 is 1.24 bits per heavy atom. The van der Waals surface area contributed by atoms with Crippen LogP contribution in [0.3, 0.4) is 0 Å². The molecule has 13 nitrogen and oxygen atoms in total. The lowest BCUT2D eigenvalue weighted by Gasteiger charge is -2.39. The van der Waals surface area contributed by atoms with Crippen molar-refractivity contribution >= 4 is 41.1 Å². The van der Waals surface area contributed by atoms with E-state index in [-0.39, 0.29) is 23.5 Å². The molecule has 3 amide bonds. The molecule has 0 bridgehead atoms. The summed E-state index contributed by atoms with van der Waals surface area (Å²) in [4.78, 5) is 57.2. The van der Waals surface area contributed by atoms with E-state index >= 15 is 0 Å². The Hall–Kier alpha value is -3.51. The number of rotatable bonds is 2. The van der Waals surface area contributed by atoms with Gasteiger partial charge in [0.05, 0.1) is 0 Å². The molecule has 4 N–H and O–H groups in total. The van der Waals surface area contributed by atoms with E-state index in [4.69, 9.17) is 0 Å². The molecule has 0 spiro atoms. The summed E-state index contributed by atoms with van der Waals surface area (Å²) in [6, 6.07) is 0. The number of hydrogen-bond acceptors (Lipinski definition) is 6. The number of carbonyl (C=O) groups is 4. The van der Waals surface area contributed by atoms with E-state index < -0.39 is 5.66 Å². The number of primary amides is 1. The second-order valence-electron chi connectivity index (χ2n) is 9.01. The van der Waals surface area contributed by atoms with Crippen LogP contribution in [0, 0.1) is 0 Å². The van der Waals surface area contributed by atoms with Gasteiger partial charge < -0.3 is 35.9 Å². The molecule has 0 saturated heterocycles. The number of hydrogen-bond donors (Lipinski definition) is 3. The lowest BCUT2D eigenvalue weighted by atomic mass is 10.2. The van der Waals surface area contributed by atoms with Crippen molar-refractivity contribution in [2.75, 3.05) is 56.4 Å². The van der Waals surface area contributed by atoms with E-state index in [9.17, 15) is 19.2 Å². The zero-order valence-electron chi connectivity index (χ0n) is 26.9. The van der Waals surface area contributed by atoms with Gasteiger partial charge in [-0.05, 0) is 41.5 Å². The van der Waals surface area contributed by atoms with Gasteiger partial charge in [-0.1, -0.05) is 0 Å². The number of ketones is 1. The van der Waals surface area contributed by atoms with Crippen molar-refractivity contribution in [1.82, 2.24) is 25.3 Å². The van der Waals surface area contributed by atoms with E-state index in [0.717, 1.165) is 17.6 Å². The van der Waals surface area contributed by atoms with Gasteiger partial charge in [-0.2, -0.15) is 0 Å². The van der Waals surface area contributed by atoms with Crippen LogP contribution in [0.5, 0.6) is 0 Å². The fraction of sp³-hybridized carbons (Fsp3) is 0.720. The van der Waals surface area contributed by atoms with Crippen LogP contribution in [0.4, 0.5) is 0 Å². The lowest BCUT2D eigenvalue weighted by molar-refractivity contribution is -0.122.